The number of aliphatic hydroxyl groups is 1. The normalized spacial score (nSPS) is 35.6. The summed E-state index contributed by atoms with van der Waals surface area (Å²) in [6.07, 6.45) is 6.77. The van der Waals surface area contributed by atoms with Gasteiger partial charge in [-0.3, -0.25) is 4.79 Å². The summed E-state index contributed by atoms with van der Waals surface area (Å²) in [5.74, 6) is 0.431. The molecule has 2 aliphatic rings. The van der Waals surface area contributed by atoms with Gasteiger partial charge >= 0.3 is 0 Å². The predicted octanol–water partition coefficient (Wildman–Crippen LogP) is 1.96. The topological polar surface area (TPSA) is 49.8 Å². The molecule has 19 heavy (non-hydrogen) atoms. The highest BCUT2D eigenvalue weighted by Crippen LogP contribution is 2.40. The van der Waals surface area contributed by atoms with E-state index in [4.69, 9.17) is 4.74 Å². The summed E-state index contributed by atoms with van der Waals surface area (Å²) in [6, 6.07) is 0.236. The predicted molar refractivity (Wildman–Crippen MR) is 73.8 cm³/mol. The van der Waals surface area contributed by atoms with Crippen molar-refractivity contribution in [3.8, 4) is 0 Å². The minimum atomic E-state index is -0.604. The van der Waals surface area contributed by atoms with E-state index in [9.17, 15) is 9.90 Å². The number of amides is 1. The average molecular weight is 269 g/mol. The third-order valence-corrected chi connectivity index (χ3v) is 4.85. The zero-order valence-electron chi connectivity index (χ0n) is 12.2. The Balaban J connectivity index is 2.03. The molecule has 0 spiro atoms. The maximum absolute atomic E-state index is 12.2. The lowest BCUT2D eigenvalue weighted by Crippen LogP contribution is -2.50. The standard InChI is InChI=1S/C15H27NO3/c1-15(18)9-4-3-6-12(15)13-7-5-10-16(13)14(17)8-11-19-2/h12-13,18H,3-11H2,1-2H3/t12-,13+,15-/m0/s1. The Morgan fingerprint density at radius 3 is 2.84 bits per heavy atom. The first kappa shape index (κ1) is 14.8. The molecular weight excluding hydrogens is 242 g/mol. The Labute approximate surface area is 116 Å². The highest BCUT2D eigenvalue weighted by Gasteiger charge is 2.44. The number of ether oxygens (including phenoxy) is 1. The molecule has 1 heterocycles. The van der Waals surface area contributed by atoms with Gasteiger partial charge in [0.1, 0.15) is 0 Å². The molecule has 1 saturated heterocycles. The van der Waals surface area contributed by atoms with Crippen molar-refractivity contribution in [3.05, 3.63) is 0 Å². The highest BCUT2D eigenvalue weighted by atomic mass is 16.5. The van der Waals surface area contributed by atoms with Crippen molar-refractivity contribution in [1.82, 2.24) is 4.90 Å². The third-order valence-electron chi connectivity index (χ3n) is 4.85. The van der Waals surface area contributed by atoms with Gasteiger partial charge in [0.05, 0.1) is 18.6 Å². The summed E-state index contributed by atoms with van der Waals surface area (Å²) in [5.41, 5.74) is -0.604. The van der Waals surface area contributed by atoms with E-state index >= 15 is 0 Å². The number of nitrogens with zero attached hydrogens (tertiary/aromatic N) is 1. The minimum Gasteiger partial charge on any atom is -0.390 e. The maximum atomic E-state index is 12.2. The molecule has 1 amide bonds. The lowest BCUT2D eigenvalue weighted by Gasteiger charge is -2.43. The van der Waals surface area contributed by atoms with Crippen molar-refractivity contribution < 1.29 is 14.6 Å². The van der Waals surface area contributed by atoms with Crippen molar-refractivity contribution in [2.45, 2.75) is 63.5 Å². The molecule has 2 fully saturated rings. The molecule has 4 heteroatoms. The first-order valence-corrected chi connectivity index (χ1v) is 7.57. The van der Waals surface area contributed by atoms with Crippen LogP contribution in [0.3, 0.4) is 0 Å². The van der Waals surface area contributed by atoms with Crippen LogP contribution in [0.15, 0.2) is 0 Å². The van der Waals surface area contributed by atoms with Gasteiger partial charge in [-0.25, -0.2) is 0 Å². The monoisotopic (exact) mass is 269 g/mol. The van der Waals surface area contributed by atoms with Crippen molar-refractivity contribution in [3.63, 3.8) is 0 Å². The number of likely N-dealkylation sites (tertiary alicyclic amines) is 1. The van der Waals surface area contributed by atoms with E-state index in [1.54, 1.807) is 7.11 Å². The second-order valence-electron chi connectivity index (χ2n) is 6.25. The Kier molecular flexibility index (Phi) is 4.85. The Morgan fingerprint density at radius 2 is 2.16 bits per heavy atom. The number of carbonyl (C=O) groups is 1. The minimum absolute atomic E-state index is 0.186. The largest absolute Gasteiger partial charge is 0.390 e. The number of hydrogen-bond donors (Lipinski definition) is 1. The molecule has 1 N–H and O–H groups in total. The molecule has 4 nitrogen and oxygen atoms in total. The number of rotatable bonds is 4. The van der Waals surface area contributed by atoms with Gasteiger partial charge in [0, 0.05) is 25.6 Å². The summed E-state index contributed by atoms with van der Waals surface area (Å²) in [6.45, 7) is 3.29. The summed E-state index contributed by atoms with van der Waals surface area (Å²) in [5, 5.41) is 10.6. The van der Waals surface area contributed by atoms with Crippen LogP contribution in [-0.2, 0) is 9.53 Å². The summed E-state index contributed by atoms with van der Waals surface area (Å²) < 4.78 is 5.00. The Bertz CT molecular complexity index is 317. The quantitative estimate of drug-likeness (QED) is 0.848. The van der Waals surface area contributed by atoms with Crippen LogP contribution in [-0.4, -0.2) is 47.8 Å². The van der Waals surface area contributed by atoms with Crippen LogP contribution >= 0.6 is 0 Å². The van der Waals surface area contributed by atoms with E-state index in [-0.39, 0.29) is 17.9 Å². The van der Waals surface area contributed by atoms with Crippen LogP contribution in [0.25, 0.3) is 0 Å². The fourth-order valence-corrected chi connectivity index (χ4v) is 3.80. The number of carbonyl (C=O) groups excluding carboxylic acids is 1. The second kappa shape index (κ2) is 6.23. The van der Waals surface area contributed by atoms with Gasteiger partial charge in [0.25, 0.3) is 0 Å². The summed E-state index contributed by atoms with van der Waals surface area (Å²) in [7, 11) is 1.63. The van der Waals surface area contributed by atoms with E-state index in [2.05, 4.69) is 0 Å². The lowest BCUT2D eigenvalue weighted by atomic mass is 9.72. The SMILES string of the molecule is COCCC(=O)N1CCC[C@@H]1[C@@H]1CCCC[C@]1(C)O. The number of methoxy groups -OCH3 is 1. The van der Waals surface area contributed by atoms with Gasteiger partial charge in [-0.05, 0) is 32.6 Å². The molecule has 3 atom stereocenters. The van der Waals surface area contributed by atoms with Crippen LogP contribution in [0.5, 0.6) is 0 Å². The van der Waals surface area contributed by atoms with Crippen LogP contribution < -0.4 is 0 Å². The van der Waals surface area contributed by atoms with Crippen LogP contribution in [0.1, 0.15) is 51.9 Å². The maximum Gasteiger partial charge on any atom is 0.225 e. The molecule has 0 radical (unpaired) electrons. The van der Waals surface area contributed by atoms with E-state index in [0.29, 0.717) is 13.0 Å². The molecule has 0 aromatic carbocycles. The molecule has 1 saturated carbocycles. The van der Waals surface area contributed by atoms with Gasteiger partial charge in [-0.15, -0.1) is 0 Å². The smallest absolute Gasteiger partial charge is 0.225 e. The molecule has 0 aromatic rings. The van der Waals surface area contributed by atoms with Crippen LogP contribution in [0.4, 0.5) is 0 Å². The van der Waals surface area contributed by atoms with Gasteiger partial charge in [-0.1, -0.05) is 12.8 Å². The molecule has 0 bridgehead atoms. The van der Waals surface area contributed by atoms with Crippen molar-refractivity contribution in [1.29, 1.82) is 0 Å². The van der Waals surface area contributed by atoms with Gasteiger partial charge < -0.3 is 14.7 Å². The van der Waals surface area contributed by atoms with Crippen molar-refractivity contribution >= 4 is 5.91 Å². The molecule has 0 aromatic heterocycles. The molecule has 0 unspecified atom stereocenters. The molecule has 1 aliphatic heterocycles. The third kappa shape index (κ3) is 3.29. The average Bonchev–Trinajstić information content (AvgIpc) is 2.84. The molecule has 2 rings (SSSR count). The van der Waals surface area contributed by atoms with E-state index < -0.39 is 5.60 Å². The first-order chi connectivity index (χ1) is 9.06. The summed E-state index contributed by atoms with van der Waals surface area (Å²) >= 11 is 0. The Hall–Kier alpha value is -0.610. The zero-order chi connectivity index (χ0) is 13.9. The van der Waals surface area contributed by atoms with E-state index in [0.717, 1.165) is 38.6 Å². The fourth-order valence-electron chi connectivity index (χ4n) is 3.80. The fraction of sp³-hybridized carbons (Fsp3) is 0.933. The van der Waals surface area contributed by atoms with E-state index in [1.165, 1.54) is 6.42 Å². The Morgan fingerprint density at radius 1 is 1.37 bits per heavy atom. The van der Waals surface area contributed by atoms with Gasteiger partial charge in [0.15, 0.2) is 0 Å². The van der Waals surface area contributed by atoms with Crippen LogP contribution in [0, 0.1) is 5.92 Å². The molecule has 1 aliphatic carbocycles. The zero-order valence-corrected chi connectivity index (χ0v) is 12.2. The van der Waals surface area contributed by atoms with E-state index in [1.807, 2.05) is 11.8 Å². The first-order valence-electron chi connectivity index (χ1n) is 7.57. The van der Waals surface area contributed by atoms with Crippen LogP contribution in [0.2, 0.25) is 0 Å². The second-order valence-corrected chi connectivity index (χ2v) is 6.25. The molecular formula is C15H27NO3. The highest BCUT2D eigenvalue weighted by molar-refractivity contribution is 5.77. The summed E-state index contributed by atoms with van der Waals surface area (Å²) in [4.78, 5) is 14.2. The van der Waals surface area contributed by atoms with Gasteiger partial charge in [-0.2, -0.15) is 0 Å². The number of hydrogen-bond acceptors (Lipinski definition) is 3. The van der Waals surface area contributed by atoms with Crippen molar-refractivity contribution in [2.75, 3.05) is 20.3 Å². The van der Waals surface area contributed by atoms with Gasteiger partial charge in [0.2, 0.25) is 5.91 Å². The lowest BCUT2D eigenvalue weighted by molar-refractivity contribution is -0.137. The van der Waals surface area contributed by atoms with Crippen molar-refractivity contribution in [2.24, 2.45) is 5.92 Å². The molecule has 110 valence electrons.